The van der Waals surface area contributed by atoms with E-state index in [0.29, 0.717) is 23.5 Å². The highest BCUT2D eigenvalue weighted by atomic mass is 16.5. The Morgan fingerprint density at radius 1 is 0.778 bits per heavy atom. The molecule has 3 heteroatoms. The molecular formula is C24H20O3. The first-order valence-corrected chi connectivity index (χ1v) is 8.96. The number of benzene rings is 3. The minimum atomic E-state index is 0.0127. The number of allylic oxidation sites excluding steroid dienone is 1. The van der Waals surface area contributed by atoms with Gasteiger partial charge in [0, 0.05) is 11.1 Å². The molecule has 27 heavy (non-hydrogen) atoms. The van der Waals surface area contributed by atoms with Crippen molar-refractivity contribution in [2.24, 2.45) is 0 Å². The van der Waals surface area contributed by atoms with Gasteiger partial charge in [0.05, 0.1) is 19.8 Å². The van der Waals surface area contributed by atoms with Gasteiger partial charge in [-0.1, -0.05) is 60.7 Å². The van der Waals surface area contributed by atoms with E-state index in [1.807, 2.05) is 60.7 Å². The lowest BCUT2D eigenvalue weighted by atomic mass is 9.94. The molecule has 0 N–H and O–H groups in total. The summed E-state index contributed by atoms with van der Waals surface area (Å²) >= 11 is 0. The van der Waals surface area contributed by atoms with Gasteiger partial charge < -0.3 is 9.47 Å². The second-order valence-electron chi connectivity index (χ2n) is 6.46. The summed E-state index contributed by atoms with van der Waals surface area (Å²) < 4.78 is 11.4. The van der Waals surface area contributed by atoms with Crippen molar-refractivity contribution in [2.75, 3.05) is 14.2 Å². The first-order chi connectivity index (χ1) is 13.2. The minimum Gasteiger partial charge on any atom is -0.492 e. The van der Waals surface area contributed by atoms with Crippen LogP contribution in [0.2, 0.25) is 0 Å². The topological polar surface area (TPSA) is 38.4 Å². The Balaban J connectivity index is 1.96. The zero-order valence-electron chi connectivity index (χ0n) is 15.4. The van der Waals surface area contributed by atoms with Crippen molar-refractivity contribution in [1.82, 2.24) is 0 Å². The Kier molecular flexibility index (Phi) is 4.59. The molecule has 0 aliphatic heterocycles. The highest BCUT2D eigenvalue weighted by Crippen LogP contribution is 2.54. The number of ether oxygens (including phenoxy) is 2. The Morgan fingerprint density at radius 3 is 2.00 bits per heavy atom. The summed E-state index contributed by atoms with van der Waals surface area (Å²) in [5.74, 6) is 1.11. The van der Waals surface area contributed by atoms with Crippen LogP contribution < -0.4 is 9.47 Å². The van der Waals surface area contributed by atoms with Gasteiger partial charge in [-0.2, -0.15) is 0 Å². The summed E-state index contributed by atoms with van der Waals surface area (Å²) in [5.41, 5.74) is 5.00. The number of hydrogen-bond donors (Lipinski definition) is 0. The zero-order chi connectivity index (χ0) is 18.8. The molecule has 0 saturated heterocycles. The molecule has 0 unspecified atom stereocenters. The van der Waals surface area contributed by atoms with E-state index in [1.165, 1.54) is 0 Å². The lowest BCUT2D eigenvalue weighted by Crippen LogP contribution is -1.99. The van der Waals surface area contributed by atoms with Gasteiger partial charge in [0.25, 0.3) is 0 Å². The second-order valence-corrected chi connectivity index (χ2v) is 6.46. The molecule has 3 nitrogen and oxygen atoms in total. The summed E-state index contributed by atoms with van der Waals surface area (Å²) in [5, 5.41) is 13.3. The Morgan fingerprint density at radius 2 is 1.37 bits per heavy atom. The van der Waals surface area contributed by atoms with Crippen LogP contribution in [-0.4, -0.2) is 14.2 Å². The van der Waals surface area contributed by atoms with Crippen LogP contribution in [0.3, 0.4) is 0 Å². The average Bonchev–Trinajstić information content (AvgIpc) is 3.13. The van der Waals surface area contributed by atoms with Gasteiger partial charge in [-0.25, -0.2) is 0 Å². The quantitative estimate of drug-likeness (QED) is 0.602. The number of methoxy groups -OCH3 is 2. The van der Waals surface area contributed by atoms with E-state index in [4.69, 9.17) is 9.47 Å². The third kappa shape index (κ3) is 2.95. The van der Waals surface area contributed by atoms with E-state index in [1.54, 1.807) is 14.2 Å². The van der Waals surface area contributed by atoms with E-state index >= 15 is 0 Å². The molecule has 0 heterocycles. The third-order valence-electron chi connectivity index (χ3n) is 4.93. The molecule has 0 atom stereocenters. The molecule has 0 aromatic heterocycles. The van der Waals surface area contributed by atoms with Crippen LogP contribution in [0.1, 0.15) is 23.1 Å². The molecule has 0 saturated carbocycles. The third-order valence-corrected chi connectivity index (χ3v) is 4.93. The summed E-state index contributed by atoms with van der Waals surface area (Å²) in [6, 6.07) is 19.6. The summed E-state index contributed by atoms with van der Waals surface area (Å²) in [4.78, 5) is 0. The maximum absolute atomic E-state index is 13.3. The van der Waals surface area contributed by atoms with Crippen molar-refractivity contribution < 1.29 is 14.6 Å². The summed E-state index contributed by atoms with van der Waals surface area (Å²) in [6.45, 7) is 0. The second kappa shape index (κ2) is 7.20. The van der Waals surface area contributed by atoms with E-state index in [2.05, 4.69) is 6.08 Å². The first kappa shape index (κ1) is 17.2. The van der Waals surface area contributed by atoms with Gasteiger partial charge in [-0.15, -0.1) is 0 Å². The van der Waals surface area contributed by atoms with E-state index < -0.39 is 0 Å². The normalized spacial score (nSPS) is 14.2. The molecule has 0 fully saturated rings. The van der Waals surface area contributed by atoms with Crippen molar-refractivity contribution >= 4 is 5.57 Å². The first-order valence-electron chi connectivity index (χ1n) is 8.96. The van der Waals surface area contributed by atoms with Gasteiger partial charge in [-0.05, 0) is 35.6 Å². The van der Waals surface area contributed by atoms with Crippen LogP contribution in [0, 0.1) is 6.08 Å². The maximum Gasteiger partial charge on any atom is 0.194 e. The van der Waals surface area contributed by atoms with E-state index in [0.717, 1.165) is 34.2 Å². The van der Waals surface area contributed by atoms with Gasteiger partial charge in [0.2, 0.25) is 0 Å². The predicted octanol–water partition coefficient (Wildman–Crippen LogP) is 5.70. The van der Waals surface area contributed by atoms with Crippen LogP contribution in [0.25, 0.3) is 16.7 Å². The molecule has 4 rings (SSSR count). The standard InChI is InChI=1S/C24H20O3/c1-26-23-20-18(15-16-9-5-3-6-10-16)13-14-19(20)22(25)21(24(23)27-2)17-11-7-4-8-12-17/h3-12H,13-14H2,1-2H3. The number of fused-ring (bicyclic) bond motifs is 1. The Labute approximate surface area is 159 Å². The molecule has 0 amide bonds. The van der Waals surface area contributed by atoms with Gasteiger partial charge in [0.1, 0.15) is 0 Å². The fourth-order valence-corrected chi connectivity index (χ4v) is 3.74. The average molecular weight is 356 g/mol. The fraction of sp³-hybridized carbons (Fsp3) is 0.167. The molecule has 0 bridgehead atoms. The molecule has 2 radical (unpaired) electrons. The van der Waals surface area contributed by atoms with Crippen molar-refractivity contribution in [2.45, 2.75) is 12.8 Å². The Bertz CT molecular complexity index is 989. The van der Waals surface area contributed by atoms with Crippen LogP contribution in [-0.2, 0) is 11.5 Å². The van der Waals surface area contributed by atoms with Crippen LogP contribution >= 0.6 is 0 Å². The number of rotatable bonds is 4. The summed E-state index contributed by atoms with van der Waals surface area (Å²) in [6.07, 6.45) is 4.90. The largest absolute Gasteiger partial charge is 0.492 e. The molecule has 1 aliphatic carbocycles. The molecule has 134 valence electrons. The minimum absolute atomic E-state index is 0.0127. The van der Waals surface area contributed by atoms with Crippen molar-refractivity contribution in [1.29, 1.82) is 0 Å². The van der Waals surface area contributed by atoms with Crippen LogP contribution in [0.4, 0.5) is 0 Å². The summed E-state index contributed by atoms with van der Waals surface area (Å²) in [7, 11) is 3.20. The van der Waals surface area contributed by atoms with Crippen LogP contribution in [0.15, 0.2) is 60.7 Å². The lowest BCUT2D eigenvalue weighted by Gasteiger charge is -2.18. The van der Waals surface area contributed by atoms with Crippen LogP contribution in [0.5, 0.6) is 17.2 Å². The fourth-order valence-electron chi connectivity index (χ4n) is 3.74. The molecule has 0 spiro atoms. The molecule has 1 aliphatic rings. The van der Waals surface area contributed by atoms with E-state index in [9.17, 15) is 5.11 Å². The van der Waals surface area contributed by atoms with Gasteiger partial charge >= 0.3 is 0 Å². The molecular weight excluding hydrogens is 336 g/mol. The molecule has 3 aromatic carbocycles. The zero-order valence-corrected chi connectivity index (χ0v) is 15.4. The maximum atomic E-state index is 13.3. The van der Waals surface area contributed by atoms with Crippen molar-refractivity contribution in [3.63, 3.8) is 0 Å². The highest BCUT2D eigenvalue weighted by Gasteiger charge is 2.32. The van der Waals surface area contributed by atoms with E-state index in [-0.39, 0.29) is 5.75 Å². The van der Waals surface area contributed by atoms with Crippen molar-refractivity contribution in [3.8, 4) is 28.4 Å². The molecule has 3 aromatic rings. The number of hydrogen-bond acceptors (Lipinski definition) is 2. The predicted molar refractivity (Wildman–Crippen MR) is 106 cm³/mol. The van der Waals surface area contributed by atoms with Gasteiger partial charge in [-0.3, -0.25) is 5.11 Å². The SMILES string of the molecule is COc1c(OC)c(-c2ccccc2)c([O])c2c1C(=[C]c1ccccc1)CC2. The monoisotopic (exact) mass is 356 g/mol. The smallest absolute Gasteiger partial charge is 0.194 e. The lowest BCUT2D eigenvalue weighted by molar-refractivity contribution is 0.333. The van der Waals surface area contributed by atoms with Crippen molar-refractivity contribution in [3.05, 3.63) is 83.4 Å². The van der Waals surface area contributed by atoms with Gasteiger partial charge in [0.15, 0.2) is 17.2 Å². The highest BCUT2D eigenvalue weighted by molar-refractivity contribution is 5.90. The Hall–Kier alpha value is -3.20.